The van der Waals surface area contributed by atoms with Crippen molar-refractivity contribution in [2.24, 2.45) is 0 Å². The van der Waals surface area contributed by atoms with E-state index in [0.29, 0.717) is 12.1 Å². The first-order chi connectivity index (χ1) is 11.0. The van der Waals surface area contributed by atoms with Crippen molar-refractivity contribution in [1.82, 2.24) is 15.1 Å². The lowest BCUT2D eigenvalue weighted by Gasteiger charge is -2.31. The normalized spacial score (nSPS) is 12.0. The third-order valence-corrected chi connectivity index (χ3v) is 4.21. The molecule has 124 valence electrons. The number of aromatic amines is 1. The van der Waals surface area contributed by atoms with E-state index in [2.05, 4.69) is 17.1 Å². The molecule has 1 atom stereocenters. The Bertz CT molecular complexity index is 642. The maximum absolute atomic E-state index is 13.0. The number of nitrogens with zero attached hydrogens (tertiary/aromatic N) is 2. The average Bonchev–Trinajstić information content (AvgIpc) is 2.91. The van der Waals surface area contributed by atoms with E-state index in [4.69, 9.17) is 4.74 Å². The molecule has 2 rings (SSSR count). The van der Waals surface area contributed by atoms with E-state index in [-0.39, 0.29) is 11.9 Å². The number of rotatable bonds is 6. The second-order valence-corrected chi connectivity index (χ2v) is 5.60. The molecule has 5 nitrogen and oxygen atoms in total. The number of methoxy groups -OCH3 is 1. The number of hydrogen-bond acceptors (Lipinski definition) is 3. The Kier molecular flexibility index (Phi) is 5.42. The van der Waals surface area contributed by atoms with Crippen LogP contribution in [-0.2, 0) is 0 Å². The number of amides is 1. The highest BCUT2D eigenvalue weighted by Crippen LogP contribution is 2.28. The van der Waals surface area contributed by atoms with Crippen LogP contribution in [0.5, 0.6) is 5.75 Å². The molecule has 1 heterocycles. The van der Waals surface area contributed by atoms with Gasteiger partial charge in [-0.15, -0.1) is 0 Å². The molecule has 1 aromatic heterocycles. The van der Waals surface area contributed by atoms with Crippen LogP contribution in [0, 0.1) is 13.8 Å². The zero-order valence-corrected chi connectivity index (χ0v) is 14.5. The van der Waals surface area contributed by atoms with Gasteiger partial charge in [-0.2, -0.15) is 5.10 Å². The smallest absolute Gasteiger partial charge is 0.258 e. The van der Waals surface area contributed by atoms with E-state index < -0.39 is 0 Å². The van der Waals surface area contributed by atoms with Crippen LogP contribution in [0.15, 0.2) is 24.3 Å². The van der Waals surface area contributed by atoms with Gasteiger partial charge in [0.1, 0.15) is 5.75 Å². The van der Waals surface area contributed by atoms with Crippen molar-refractivity contribution >= 4 is 5.91 Å². The van der Waals surface area contributed by atoms with Gasteiger partial charge in [-0.1, -0.05) is 19.1 Å². The minimum absolute atomic E-state index is 0.0268. The van der Waals surface area contributed by atoms with Crippen molar-refractivity contribution in [3.05, 3.63) is 46.8 Å². The molecule has 0 saturated heterocycles. The number of H-pyrrole nitrogens is 1. The highest BCUT2D eigenvalue weighted by molar-refractivity contribution is 5.96. The summed E-state index contributed by atoms with van der Waals surface area (Å²) in [6.07, 6.45) is 0.849. The lowest BCUT2D eigenvalue weighted by atomic mass is 10.0. The number of hydrogen-bond donors (Lipinski definition) is 1. The largest absolute Gasteiger partial charge is 0.497 e. The maximum atomic E-state index is 13.0. The number of carbonyl (C=O) groups excluding carboxylic acids is 1. The summed E-state index contributed by atoms with van der Waals surface area (Å²) < 4.78 is 5.21. The van der Waals surface area contributed by atoms with E-state index in [1.807, 2.05) is 49.9 Å². The molecule has 1 N–H and O–H groups in total. The summed E-state index contributed by atoms with van der Waals surface area (Å²) in [5.41, 5.74) is 3.35. The van der Waals surface area contributed by atoms with Crippen LogP contribution in [0.3, 0.4) is 0 Å². The summed E-state index contributed by atoms with van der Waals surface area (Å²) in [5, 5.41) is 7.04. The summed E-state index contributed by atoms with van der Waals surface area (Å²) in [7, 11) is 1.65. The molecule has 1 amide bonds. The first kappa shape index (κ1) is 17.1. The van der Waals surface area contributed by atoms with Gasteiger partial charge in [-0.05, 0) is 44.9 Å². The number of nitrogens with one attached hydrogen (secondary N) is 1. The summed E-state index contributed by atoms with van der Waals surface area (Å²) >= 11 is 0. The summed E-state index contributed by atoms with van der Waals surface area (Å²) in [6.45, 7) is 8.50. The minimum Gasteiger partial charge on any atom is -0.497 e. The van der Waals surface area contributed by atoms with Crippen LogP contribution in [0.4, 0.5) is 0 Å². The van der Waals surface area contributed by atoms with Crippen molar-refractivity contribution in [1.29, 1.82) is 0 Å². The number of benzene rings is 1. The maximum Gasteiger partial charge on any atom is 0.258 e. The zero-order valence-electron chi connectivity index (χ0n) is 14.5. The molecule has 0 fully saturated rings. The molecule has 0 aliphatic carbocycles. The van der Waals surface area contributed by atoms with Gasteiger partial charge in [-0.3, -0.25) is 9.89 Å². The van der Waals surface area contributed by atoms with Crippen LogP contribution < -0.4 is 4.74 Å². The summed E-state index contributed by atoms with van der Waals surface area (Å²) in [5.74, 6) is 0.846. The molecule has 0 aliphatic rings. The van der Waals surface area contributed by atoms with Crippen LogP contribution in [0.25, 0.3) is 0 Å². The lowest BCUT2D eigenvalue weighted by molar-refractivity contribution is 0.0681. The molecule has 0 saturated carbocycles. The quantitative estimate of drug-likeness (QED) is 0.885. The predicted octanol–water partition coefficient (Wildman–Crippen LogP) is 3.65. The van der Waals surface area contributed by atoms with E-state index in [1.165, 1.54) is 0 Å². The Morgan fingerprint density at radius 2 is 1.91 bits per heavy atom. The van der Waals surface area contributed by atoms with Crippen molar-refractivity contribution in [2.45, 2.75) is 40.2 Å². The van der Waals surface area contributed by atoms with Crippen LogP contribution >= 0.6 is 0 Å². The Labute approximate surface area is 137 Å². The van der Waals surface area contributed by atoms with Gasteiger partial charge in [0, 0.05) is 12.2 Å². The molecule has 0 spiro atoms. The molecular weight excluding hydrogens is 290 g/mol. The molecule has 23 heavy (non-hydrogen) atoms. The number of ether oxygens (including phenoxy) is 1. The van der Waals surface area contributed by atoms with Gasteiger partial charge >= 0.3 is 0 Å². The average molecular weight is 315 g/mol. The van der Waals surface area contributed by atoms with Crippen LogP contribution in [0.2, 0.25) is 0 Å². The van der Waals surface area contributed by atoms with Gasteiger partial charge in [0.05, 0.1) is 24.4 Å². The van der Waals surface area contributed by atoms with Gasteiger partial charge in [0.2, 0.25) is 0 Å². The number of carbonyl (C=O) groups is 1. The third-order valence-electron chi connectivity index (χ3n) is 4.21. The predicted molar refractivity (Wildman–Crippen MR) is 90.8 cm³/mol. The molecule has 1 aromatic carbocycles. The zero-order chi connectivity index (χ0) is 17.0. The van der Waals surface area contributed by atoms with E-state index >= 15 is 0 Å². The minimum atomic E-state index is 0.0268. The molecule has 2 aromatic rings. The topological polar surface area (TPSA) is 58.2 Å². The van der Waals surface area contributed by atoms with Crippen molar-refractivity contribution in [3.8, 4) is 5.75 Å². The first-order valence-electron chi connectivity index (χ1n) is 7.99. The molecule has 0 bridgehead atoms. The third kappa shape index (κ3) is 3.38. The second-order valence-electron chi connectivity index (χ2n) is 5.60. The van der Waals surface area contributed by atoms with Crippen molar-refractivity contribution in [2.75, 3.05) is 13.7 Å². The molecule has 5 heteroatoms. The van der Waals surface area contributed by atoms with Crippen LogP contribution in [-0.4, -0.2) is 34.7 Å². The summed E-state index contributed by atoms with van der Waals surface area (Å²) in [6, 6.07) is 7.96. The first-order valence-corrected chi connectivity index (χ1v) is 7.99. The number of aromatic nitrogens is 2. The molecule has 0 unspecified atom stereocenters. The number of aryl methyl sites for hydroxylation is 2. The van der Waals surface area contributed by atoms with Crippen LogP contribution in [0.1, 0.15) is 53.6 Å². The Morgan fingerprint density at radius 1 is 1.26 bits per heavy atom. The highest BCUT2D eigenvalue weighted by atomic mass is 16.5. The van der Waals surface area contributed by atoms with Gasteiger partial charge in [0.15, 0.2) is 0 Å². The second kappa shape index (κ2) is 7.31. The Balaban J connectivity index is 2.34. The van der Waals surface area contributed by atoms with Gasteiger partial charge in [-0.25, -0.2) is 0 Å². The van der Waals surface area contributed by atoms with E-state index in [0.717, 1.165) is 29.1 Å². The van der Waals surface area contributed by atoms with Gasteiger partial charge < -0.3 is 9.64 Å². The van der Waals surface area contributed by atoms with Gasteiger partial charge in [0.25, 0.3) is 5.91 Å². The Hall–Kier alpha value is -2.30. The van der Waals surface area contributed by atoms with Crippen molar-refractivity contribution in [3.63, 3.8) is 0 Å². The van der Waals surface area contributed by atoms with Crippen molar-refractivity contribution < 1.29 is 9.53 Å². The monoisotopic (exact) mass is 315 g/mol. The Morgan fingerprint density at radius 3 is 2.35 bits per heavy atom. The SMILES string of the molecule is CC[C@@H](c1ccc(OC)cc1)N(CC)C(=O)c1c(C)n[nH]c1C. The standard InChI is InChI=1S/C18H25N3O2/c1-6-16(14-8-10-15(23-5)11-9-14)21(7-2)18(22)17-12(3)19-20-13(17)4/h8-11,16H,6-7H2,1-5H3,(H,19,20)/t16-/m0/s1. The lowest BCUT2D eigenvalue weighted by Crippen LogP contribution is -2.35. The molecule has 0 aliphatic heterocycles. The molecular formula is C18H25N3O2. The summed E-state index contributed by atoms with van der Waals surface area (Å²) in [4.78, 5) is 14.9. The fraction of sp³-hybridized carbons (Fsp3) is 0.444. The van der Waals surface area contributed by atoms with E-state index in [1.54, 1.807) is 7.11 Å². The van der Waals surface area contributed by atoms with E-state index in [9.17, 15) is 4.79 Å². The molecule has 0 radical (unpaired) electrons. The fourth-order valence-electron chi connectivity index (χ4n) is 2.98. The fourth-order valence-corrected chi connectivity index (χ4v) is 2.98. The highest BCUT2D eigenvalue weighted by Gasteiger charge is 2.27.